The zero-order valence-electron chi connectivity index (χ0n) is 24.6. The number of amides is 2. The third kappa shape index (κ3) is 6.13. The Morgan fingerprint density at radius 3 is 2.50 bits per heavy atom. The maximum atomic E-state index is 13.0. The lowest BCUT2D eigenvalue weighted by molar-refractivity contribution is -0.133. The van der Waals surface area contributed by atoms with Crippen molar-refractivity contribution in [3.63, 3.8) is 0 Å². The van der Waals surface area contributed by atoms with Crippen LogP contribution in [0.2, 0.25) is 0 Å². The second-order valence-corrected chi connectivity index (χ2v) is 11.1. The molecule has 42 heavy (non-hydrogen) atoms. The summed E-state index contributed by atoms with van der Waals surface area (Å²) in [4.78, 5) is 51.8. The van der Waals surface area contributed by atoms with Gasteiger partial charge in [-0.2, -0.15) is 4.98 Å². The number of hydrogen-bond acceptors (Lipinski definition) is 8. The molecule has 0 saturated carbocycles. The molecule has 3 N–H and O–H groups in total. The Labute approximate surface area is 244 Å². The van der Waals surface area contributed by atoms with Crippen LogP contribution in [0.15, 0.2) is 59.4 Å². The molecule has 0 spiro atoms. The van der Waals surface area contributed by atoms with Crippen molar-refractivity contribution in [2.75, 3.05) is 51.5 Å². The molecule has 2 amide bonds. The fourth-order valence-corrected chi connectivity index (χ4v) is 5.25. The number of nitrogens with zero attached hydrogens (tertiary/aromatic N) is 6. The highest BCUT2D eigenvalue weighted by atomic mass is 16.2. The average molecular weight is 572 g/mol. The highest BCUT2D eigenvalue weighted by Gasteiger charge is 2.26. The highest BCUT2D eigenvalue weighted by molar-refractivity contribution is 5.98. The van der Waals surface area contributed by atoms with E-state index in [2.05, 4.69) is 25.7 Å². The lowest BCUT2D eigenvalue weighted by Crippen LogP contribution is -2.48. The fourth-order valence-electron chi connectivity index (χ4n) is 5.25. The Balaban J connectivity index is 1.29. The minimum absolute atomic E-state index is 0.0210. The third-order valence-electron chi connectivity index (χ3n) is 7.44. The number of piperidine rings is 1. The Hall–Kier alpha value is -4.71. The molecule has 12 nitrogen and oxygen atoms in total. The lowest BCUT2D eigenvalue weighted by Gasteiger charge is -2.33. The van der Waals surface area contributed by atoms with Crippen LogP contribution in [0.25, 0.3) is 10.9 Å². The number of para-hydroxylation sites is 1. The minimum Gasteiger partial charge on any atom is -0.351 e. The second-order valence-electron chi connectivity index (χ2n) is 11.1. The first-order valence-corrected chi connectivity index (χ1v) is 13.9. The molecule has 2 atom stereocenters. The van der Waals surface area contributed by atoms with Crippen LogP contribution in [0.3, 0.4) is 0 Å². The number of hydrogen-bond donors (Lipinski definition) is 3. The van der Waals surface area contributed by atoms with Crippen LogP contribution in [0.5, 0.6) is 0 Å². The van der Waals surface area contributed by atoms with Gasteiger partial charge in [0, 0.05) is 56.9 Å². The largest absolute Gasteiger partial charge is 0.351 e. The number of anilines is 3. The first kappa shape index (κ1) is 28.8. The summed E-state index contributed by atoms with van der Waals surface area (Å²) in [6.07, 6.45) is 1.67. The number of benzene rings is 2. The van der Waals surface area contributed by atoms with Gasteiger partial charge in [-0.25, -0.2) is 4.68 Å². The number of carbonyl (C=O) groups is 2. The molecule has 1 aliphatic heterocycles. The van der Waals surface area contributed by atoms with Gasteiger partial charge in [0.1, 0.15) is 11.7 Å². The van der Waals surface area contributed by atoms with Crippen molar-refractivity contribution in [1.29, 1.82) is 0 Å². The lowest BCUT2D eigenvalue weighted by atomic mass is 10.0. The third-order valence-corrected chi connectivity index (χ3v) is 7.44. The molecule has 2 aromatic carbocycles. The zero-order chi connectivity index (χ0) is 30.0. The van der Waals surface area contributed by atoms with Gasteiger partial charge in [0.2, 0.25) is 17.7 Å². The molecular formula is C30H37N9O3. The number of likely N-dealkylation sites (N-methyl/N-ethyl adjacent to an activating group) is 2. The molecule has 1 fully saturated rings. The second kappa shape index (κ2) is 12.0. The molecular weight excluding hydrogens is 534 g/mol. The summed E-state index contributed by atoms with van der Waals surface area (Å²) in [5, 5.41) is 11.6. The van der Waals surface area contributed by atoms with Crippen molar-refractivity contribution in [3.05, 3.63) is 76.2 Å². The summed E-state index contributed by atoms with van der Waals surface area (Å²) in [6, 6.07) is 16.5. The number of fused-ring (bicyclic) bond motifs is 1. The quantitative estimate of drug-likeness (QED) is 0.294. The molecule has 1 aliphatic rings. The molecule has 2 aromatic heterocycles. The molecule has 5 rings (SSSR count). The summed E-state index contributed by atoms with van der Waals surface area (Å²) in [6.45, 7) is 1.22. The number of aromatic nitrogens is 4. The smallest absolute Gasteiger partial charge is 0.309 e. The van der Waals surface area contributed by atoms with Crippen molar-refractivity contribution < 1.29 is 9.59 Å². The Kier molecular flexibility index (Phi) is 8.25. The summed E-state index contributed by atoms with van der Waals surface area (Å²) in [7, 11) is 8.79. The van der Waals surface area contributed by atoms with Gasteiger partial charge in [-0.05, 0) is 56.8 Å². The van der Waals surface area contributed by atoms with E-state index in [0.717, 1.165) is 29.3 Å². The molecule has 12 heteroatoms. The summed E-state index contributed by atoms with van der Waals surface area (Å²) in [5.41, 5.74) is 2.58. The van der Waals surface area contributed by atoms with E-state index >= 15 is 0 Å². The molecule has 0 aliphatic carbocycles. The maximum absolute atomic E-state index is 13.0. The SMILES string of the molecule is CN(C)C(=O)[C@H](c1ccc(Nc2nc(N3CCCC(NC(=O)c4cc5ccccc5[nH]4)C3)nn(C)c2=O)cc1)N(C)C. The van der Waals surface area contributed by atoms with E-state index in [-0.39, 0.29) is 29.2 Å². The Bertz CT molecular complexity index is 1610. The topological polar surface area (TPSA) is 131 Å². The van der Waals surface area contributed by atoms with Crippen molar-refractivity contribution in [2.45, 2.75) is 24.9 Å². The van der Waals surface area contributed by atoms with Crippen LogP contribution in [-0.2, 0) is 11.8 Å². The summed E-state index contributed by atoms with van der Waals surface area (Å²) in [5.74, 6) is 0.374. The van der Waals surface area contributed by atoms with Crippen LogP contribution in [0.4, 0.5) is 17.5 Å². The zero-order valence-corrected chi connectivity index (χ0v) is 24.6. The van der Waals surface area contributed by atoms with Crippen LogP contribution in [0.1, 0.15) is 34.9 Å². The van der Waals surface area contributed by atoms with Crippen molar-refractivity contribution in [2.24, 2.45) is 7.05 Å². The van der Waals surface area contributed by atoms with E-state index < -0.39 is 6.04 Å². The van der Waals surface area contributed by atoms with Gasteiger partial charge in [0.05, 0.1) is 0 Å². The first-order chi connectivity index (χ1) is 20.1. The maximum Gasteiger partial charge on any atom is 0.309 e. The van der Waals surface area contributed by atoms with Crippen molar-refractivity contribution in [1.82, 2.24) is 34.9 Å². The number of nitrogens with one attached hydrogen (secondary N) is 3. The highest BCUT2D eigenvalue weighted by Crippen LogP contribution is 2.24. The average Bonchev–Trinajstić information content (AvgIpc) is 3.41. The van der Waals surface area contributed by atoms with Crippen LogP contribution in [0, 0.1) is 0 Å². The summed E-state index contributed by atoms with van der Waals surface area (Å²) < 4.78 is 1.27. The van der Waals surface area contributed by atoms with E-state index in [1.54, 1.807) is 26.0 Å². The Morgan fingerprint density at radius 2 is 1.81 bits per heavy atom. The van der Waals surface area contributed by atoms with E-state index in [9.17, 15) is 14.4 Å². The number of H-pyrrole nitrogens is 1. The van der Waals surface area contributed by atoms with Crippen LogP contribution < -0.4 is 21.1 Å². The predicted molar refractivity (Wildman–Crippen MR) is 163 cm³/mol. The van der Waals surface area contributed by atoms with E-state index in [4.69, 9.17) is 0 Å². The van der Waals surface area contributed by atoms with E-state index in [1.165, 1.54) is 4.68 Å². The molecule has 4 aromatic rings. The number of carbonyl (C=O) groups excluding carboxylic acids is 2. The first-order valence-electron chi connectivity index (χ1n) is 13.9. The van der Waals surface area contributed by atoms with Gasteiger partial charge in [-0.3, -0.25) is 19.3 Å². The Morgan fingerprint density at radius 1 is 1.07 bits per heavy atom. The van der Waals surface area contributed by atoms with Gasteiger partial charge in [0.15, 0.2) is 0 Å². The number of aromatic amines is 1. The van der Waals surface area contributed by atoms with Gasteiger partial charge < -0.3 is 25.4 Å². The minimum atomic E-state index is -0.420. The normalized spacial score (nSPS) is 16.0. The van der Waals surface area contributed by atoms with Gasteiger partial charge in [0.25, 0.3) is 5.91 Å². The van der Waals surface area contributed by atoms with Gasteiger partial charge in [-0.1, -0.05) is 30.3 Å². The fraction of sp³-hybridized carbons (Fsp3) is 0.367. The molecule has 0 radical (unpaired) electrons. The van der Waals surface area contributed by atoms with Crippen molar-refractivity contribution >= 4 is 40.2 Å². The van der Waals surface area contributed by atoms with Crippen LogP contribution in [-0.4, -0.2) is 88.7 Å². The molecule has 3 heterocycles. The number of rotatable bonds is 8. The molecule has 0 bridgehead atoms. The monoisotopic (exact) mass is 571 g/mol. The molecule has 220 valence electrons. The predicted octanol–water partition coefficient (Wildman–Crippen LogP) is 2.49. The standard InChI is InChI=1S/C30H37N9O3/c1-36(2)25(28(41)37(3)4)19-12-14-21(15-13-19)31-26-29(42)38(5)35-30(34-26)39-16-8-10-22(18-39)32-27(40)24-17-20-9-6-7-11-23(20)33-24/h6-7,9,11-15,17,22,25,33H,8,10,16,18H2,1-5H3,(H,32,40)(H,31,34,35)/t22?,25-/m0/s1. The molecule has 1 unspecified atom stereocenters. The number of aryl methyl sites for hydroxylation is 1. The molecule has 1 saturated heterocycles. The van der Waals surface area contributed by atoms with E-state index in [0.29, 0.717) is 30.4 Å². The van der Waals surface area contributed by atoms with Crippen LogP contribution >= 0.6 is 0 Å². The van der Waals surface area contributed by atoms with Gasteiger partial charge in [-0.15, -0.1) is 5.10 Å². The van der Waals surface area contributed by atoms with Gasteiger partial charge >= 0.3 is 5.56 Å². The van der Waals surface area contributed by atoms with Crippen molar-refractivity contribution in [3.8, 4) is 0 Å². The summed E-state index contributed by atoms with van der Waals surface area (Å²) >= 11 is 0. The van der Waals surface area contributed by atoms with E-state index in [1.807, 2.05) is 78.5 Å².